The molecule has 0 aliphatic carbocycles. The topological polar surface area (TPSA) is 38.7 Å². The van der Waals surface area contributed by atoms with Crippen LogP contribution in [0.2, 0.25) is 0 Å². The predicted molar refractivity (Wildman–Crippen MR) is 32.0 cm³/mol. The van der Waals surface area contributed by atoms with Crippen LogP contribution < -0.4 is 0 Å². The van der Waals surface area contributed by atoms with Crippen molar-refractivity contribution < 1.29 is 14.6 Å². The SMILES string of the molecule is COCC1CCC(O)O1. The third-order valence-corrected chi connectivity index (χ3v) is 1.44. The van der Waals surface area contributed by atoms with Crippen LogP contribution in [0.1, 0.15) is 12.8 Å². The van der Waals surface area contributed by atoms with E-state index in [0.29, 0.717) is 6.61 Å². The van der Waals surface area contributed by atoms with Crippen LogP contribution >= 0.6 is 0 Å². The molecule has 1 aliphatic rings. The van der Waals surface area contributed by atoms with Gasteiger partial charge in [-0.3, -0.25) is 0 Å². The van der Waals surface area contributed by atoms with E-state index in [1.54, 1.807) is 7.11 Å². The summed E-state index contributed by atoms with van der Waals surface area (Å²) in [6.07, 6.45) is 1.22. The lowest BCUT2D eigenvalue weighted by Crippen LogP contribution is -2.15. The van der Waals surface area contributed by atoms with Crippen LogP contribution in [0.5, 0.6) is 0 Å². The Bertz CT molecular complexity index is 82.4. The Kier molecular flexibility index (Phi) is 2.45. The zero-order valence-electron chi connectivity index (χ0n) is 5.54. The van der Waals surface area contributed by atoms with Crippen LogP contribution in [-0.2, 0) is 9.47 Å². The third kappa shape index (κ3) is 1.93. The van der Waals surface area contributed by atoms with Gasteiger partial charge in [-0.15, -0.1) is 0 Å². The van der Waals surface area contributed by atoms with Gasteiger partial charge in [0, 0.05) is 13.5 Å². The van der Waals surface area contributed by atoms with Gasteiger partial charge in [-0.1, -0.05) is 0 Å². The van der Waals surface area contributed by atoms with Crippen LogP contribution in [0.15, 0.2) is 0 Å². The smallest absolute Gasteiger partial charge is 0.155 e. The minimum atomic E-state index is -0.551. The fourth-order valence-electron chi connectivity index (χ4n) is 0.995. The number of hydrogen-bond acceptors (Lipinski definition) is 3. The molecule has 0 aromatic heterocycles. The number of methoxy groups -OCH3 is 1. The van der Waals surface area contributed by atoms with Crippen molar-refractivity contribution in [2.45, 2.75) is 25.2 Å². The van der Waals surface area contributed by atoms with E-state index >= 15 is 0 Å². The van der Waals surface area contributed by atoms with Gasteiger partial charge in [0.15, 0.2) is 6.29 Å². The summed E-state index contributed by atoms with van der Waals surface area (Å²) in [7, 11) is 1.63. The molecule has 1 fully saturated rings. The summed E-state index contributed by atoms with van der Waals surface area (Å²) in [6.45, 7) is 0.594. The molecule has 9 heavy (non-hydrogen) atoms. The Balaban J connectivity index is 2.14. The first-order valence-electron chi connectivity index (χ1n) is 3.15. The molecule has 1 aliphatic heterocycles. The molecular weight excluding hydrogens is 120 g/mol. The predicted octanol–water partition coefficient (Wildman–Crippen LogP) is 0.130. The van der Waals surface area contributed by atoms with E-state index in [0.717, 1.165) is 12.8 Å². The van der Waals surface area contributed by atoms with E-state index in [4.69, 9.17) is 14.6 Å². The fourth-order valence-corrected chi connectivity index (χ4v) is 0.995. The molecule has 1 rings (SSSR count). The summed E-state index contributed by atoms with van der Waals surface area (Å²) < 4.78 is 9.87. The lowest BCUT2D eigenvalue weighted by Gasteiger charge is -2.07. The number of aliphatic hydroxyl groups is 1. The lowest BCUT2D eigenvalue weighted by atomic mass is 10.2. The van der Waals surface area contributed by atoms with Crippen molar-refractivity contribution in [3.8, 4) is 0 Å². The molecule has 1 saturated heterocycles. The monoisotopic (exact) mass is 132 g/mol. The molecule has 3 nitrogen and oxygen atoms in total. The second-order valence-corrected chi connectivity index (χ2v) is 2.25. The molecular formula is C6H12O3. The van der Waals surface area contributed by atoms with Gasteiger partial charge in [0.25, 0.3) is 0 Å². The molecule has 2 unspecified atom stereocenters. The van der Waals surface area contributed by atoms with Gasteiger partial charge >= 0.3 is 0 Å². The van der Waals surface area contributed by atoms with Crippen LogP contribution in [0, 0.1) is 0 Å². The van der Waals surface area contributed by atoms with E-state index in [2.05, 4.69) is 0 Å². The molecule has 0 saturated carbocycles. The van der Waals surface area contributed by atoms with E-state index in [9.17, 15) is 0 Å². The van der Waals surface area contributed by atoms with Crippen LogP contribution in [0.25, 0.3) is 0 Å². The van der Waals surface area contributed by atoms with Crippen molar-refractivity contribution in [1.29, 1.82) is 0 Å². The Morgan fingerprint density at radius 1 is 1.67 bits per heavy atom. The van der Waals surface area contributed by atoms with E-state index in [-0.39, 0.29) is 6.10 Å². The van der Waals surface area contributed by atoms with Crippen molar-refractivity contribution in [2.24, 2.45) is 0 Å². The number of ether oxygens (including phenoxy) is 2. The summed E-state index contributed by atoms with van der Waals surface area (Å²) in [4.78, 5) is 0. The molecule has 0 spiro atoms. The van der Waals surface area contributed by atoms with E-state index in [1.165, 1.54) is 0 Å². The average molecular weight is 132 g/mol. The summed E-state index contributed by atoms with van der Waals surface area (Å²) in [5.74, 6) is 0. The van der Waals surface area contributed by atoms with Gasteiger partial charge in [0.1, 0.15) is 0 Å². The van der Waals surface area contributed by atoms with Crippen molar-refractivity contribution in [1.82, 2.24) is 0 Å². The van der Waals surface area contributed by atoms with Gasteiger partial charge in [-0.2, -0.15) is 0 Å². The Morgan fingerprint density at radius 2 is 2.44 bits per heavy atom. The maximum absolute atomic E-state index is 8.85. The van der Waals surface area contributed by atoms with E-state index in [1.807, 2.05) is 0 Å². The standard InChI is InChI=1S/C6H12O3/c1-8-4-5-2-3-6(7)9-5/h5-7H,2-4H2,1H3. The number of hydrogen-bond donors (Lipinski definition) is 1. The molecule has 1 N–H and O–H groups in total. The van der Waals surface area contributed by atoms with E-state index < -0.39 is 6.29 Å². The van der Waals surface area contributed by atoms with Crippen LogP contribution in [-0.4, -0.2) is 31.2 Å². The molecule has 0 radical (unpaired) electrons. The maximum atomic E-state index is 8.85. The lowest BCUT2D eigenvalue weighted by molar-refractivity contribution is -0.104. The second-order valence-electron chi connectivity index (χ2n) is 2.25. The molecule has 3 heteroatoms. The van der Waals surface area contributed by atoms with Crippen molar-refractivity contribution in [3.63, 3.8) is 0 Å². The second kappa shape index (κ2) is 3.15. The number of rotatable bonds is 2. The molecule has 0 bridgehead atoms. The highest BCUT2D eigenvalue weighted by Gasteiger charge is 2.22. The maximum Gasteiger partial charge on any atom is 0.155 e. The zero-order chi connectivity index (χ0) is 6.69. The summed E-state index contributed by atoms with van der Waals surface area (Å²) in [5.41, 5.74) is 0. The quantitative estimate of drug-likeness (QED) is 0.580. The Morgan fingerprint density at radius 3 is 2.89 bits per heavy atom. The first kappa shape index (κ1) is 6.99. The van der Waals surface area contributed by atoms with Crippen molar-refractivity contribution in [3.05, 3.63) is 0 Å². The van der Waals surface area contributed by atoms with Crippen LogP contribution in [0.4, 0.5) is 0 Å². The Labute approximate surface area is 54.6 Å². The Hall–Kier alpha value is -0.120. The highest BCUT2D eigenvalue weighted by atomic mass is 16.6. The van der Waals surface area contributed by atoms with Crippen molar-refractivity contribution in [2.75, 3.05) is 13.7 Å². The summed E-state index contributed by atoms with van der Waals surface area (Å²) >= 11 is 0. The molecule has 54 valence electrons. The molecule has 0 amide bonds. The molecule has 0 aromatic carbocycles. The summed E-state index contributed by atoms with van der Waals surface area (Å²) in [6, 6.07) is 0. The van der Waals surface area contributed by atoms with Crippen LogP contribution in [0.3, 0.4) is 0 Å². The molecule has 2 atom stereocenters. The highest BCUT2D eigenvalue weighted by Crippen LogP contribution is 2.16. The molecule has 1 heterocycles. The normalized spacial score (nSPS) is 35.3. The van der Waals surface area contributed by atoms with Gasteiger partial charge in [0.2, 0.25) is 0 Å². The fraction of sp³-hybridized carbons (Fsp3) is 1.00. The summed E-state index contributed by atoms with van der Waals surface area (Å²) in [5, 5.41) is 8.85. The number of aliphatic hydroxyl groups excluding tert-OH is 1. The highest BCUT2D eigenvalue weighted by molar-refractivity contribution is 4.65. The minimum absolute atomic E-state index is 0.116. The average Bonchev–Trinajstić information content (AvgIpc) is 2.17. The zero-order valence-corrected chi connectivity index (χ0v) is 5.54. The minimum Gasteiger partial charge on any atom is -0.382 e. The van der Waals surface area contributed by atoms with Gasteiger partial charge in [-0.05, 0) is 6.42 Å². The third-order valence-electron chi connectivity index (χ3n) is 1.44. The first-order valence-corrected chi connectivity index (χ1v) is 3.15. The van der Waals surface area contributed by atoms with Gasteiger partial charge in [-0.25, -0.2) is 0 Å². The molecule has 0 aromatic rings. The first-order chi connectivity index (χ1) is 4.33. The largest absolute Gasteiger partial charge is 0.382 e. The van der Waals surface area contributed by atoms with Crippen molar-refractivity contribution >= 4 is 0 Å². The van der Waals surface area contributed by atoms with Gasteiger partial charge < -0.3 is 14.6 Å². The van der Waals surface area contributed by atoms with Gasteiger partial charge in [0.05, 0.1) is 12.7 Å².